The first-order valence-corrected chi connectivity index (χ1v) is 10.2. The van der Waals surface area contributed by atoms with Crippen molar-refractivity contribution in [1.29, 1.82) is 0 Å². The van der Waals surface area contributed by atoms with Gasteiger partial charge in [0.05, 0.1) is 18.0 Å². The zero-order chi connectivity index (χ0) is 20.6. The van der Waals surface area contributed by atoms with Gasteiger partial charge in [-0.15, -0.1) is 0 Å². The molecule has 0 aliphatic carbocycles. The summed E-state index contributed by atoms with van der Waals surface area (Å²) in [6.07, 6.45) is 4.29. The van der Waals surface area contributed by atoms with E-state index < -0.39 is 0 Å². The first kappa shape index (κ1) is 19.3. The second kappa shape index (κ2) is 7.40. The van der Waals surface area contributed by atoms with E-state index in [4.69, 9.17) is 4.74 Å². The molecule has 0 aliphatic rings. The van der Waals surface area contributed by atoms with Gasteiger partial charge in [0.2, 0.25) is 0 Å². The van der Waals surface area contributed by atoms with Crippen molar-refractivity contribution in [3.05, 3.63) is 78.6 Å². The van der Waals surface area contributed by atoms with Gasteiger partial charge in [-0.3, -0.25) is 4.40 Å². The summed E-state index contributed by atoms with van der Waals surface area (Å²) in [7, 11) is 0. The molecule has 0 unspecified atom stereocenters. The third-order valence-corrected chi connectivity index (χ3v) is 5.11. The van der Waals surface area contributed by atoms with Crippen LogP contribution in [0.2, 0.25) is 0 Å². The number of hydrogen-bond acceptors (Lipinski definition) is 2. The number of aromatic nitrogens is 2. The fourth-order valence-corrected chi connectivity index (χ4v) is 3.50. The van der Waals surface area contributed by atoms with Crippen LogP contribution in [0.1, 0.15) is 40.2 Å². The Morgan fingerprint density at radius 2 is 1.41 bits per heavy atom. The Bertz CT molecular complexity index is 1110. The van der Waals surface area contributed by atoms with Gasteiger partial charge in [-0.05, 0) is 60.2 Å². The maximum absolute atomic E-state index is 5.76. The first-order valence-electron chi connectivity index (χ1n) is 10.2. The standard InChI is InChI=1S/C26H28N2O/c1-18(2)29-23-13-8-19(9-14-23)21-10-15-25-27-16-24(28(25)17-21)20-6-11-22(12-7-20)26(3,4)5/h6-18H,1-5H3. The third kappa shape index (κ3) is 4.04. The molecule has 0 spiro atoms. The number of benzene rings is 2. The number of nitrogens with zero attached hydrogens (tertiary/aromatic N) is 2. The summed E-state index contributed by atoms with van der Waals surface area (Å²) in [5.41, 5.74) is 7.01. The van der Waals surface area contributed by atoms with Crippen LogP contribution in [0, 0.1) is 0 Å². The van der Waals surface area contributed by atoms with Crippen molar-refractivity contribution < 1.29 is 4.74 Å². The molecule has 0 saturated heterocycles. The highest BCUT2D eigenvalue weighted by Crippen LogP contribution is 2.29. The predicted molar refractivity (Wildman–Crippen MR) is 121 cm³/mol. The molecule has 0 saturated carbocycles. The summed E-state index contributed by atoms with van der Waals surface area (Å²) >= 11 is 0. The smallest absolute Gasteiger partial charge is 0.137 e. The van der Waals surface area contributed by atoms with Crippen LogP contribution in [0.3, 0.4) is 0 Å². The van der Waals surface area contributed by atoms with Crippen LogP contribution in [0.4, 0.5) is 0 Å². The molecule has 4 rings (SSSR count). The van der Waals surface area contributed by atoms with Gasteiger partial charge in [-0.1, -0.05) is 57.2 Å². The summed E-state index contributed by atoms with van der Waals surface area (Å²) in [6, 6.07) is 21.3. The lowest BCUT2D eigenvalue weighted by atomic mass is 9.86. The summed E-state index contributed by atoms with van der Waals surface area (Å²) in [4.78, 5) is 4.59. The maximum Gasteiger partial charge on any atom is 0.137 e. The number of ether oxygens (including phenoxy) is 1. The first-order chi connectivity index (χ1) is 13.8. The van der Waals surface area contributed by atoms with E-state index in [2.05, 4.69) is 84.9 Å². The maximum atomic E-state index is 5.76. The zero-order valence-corrected chi connectivity index (χ0v) is 17.8. The molecule has 4 aromatic rings. The average Bonchev–Trinajstić information content (AvgIpc) is 3.11. The van der Waals surface area contributed by atoms with E-state index in [-0.39, 0.29) is 11.5 Å². The van der Waals surface area contributed by atoms with Crippen LogP contribution < -0.4 is 4.74 Å². The normalized spacial score (nSPS) is 11.9. The topological polar surface area (TPSA) is 26.5 Å². The molecule has 0 amide bonds. The third-order valence-electron chi connectivity index (χ3n) is 5.11. The van der Waals surface area contributed by atoms with Crippen molar-refractivity contribution in [3.8, 4) is 28.1 Å². The molecule has 0 aliphatic heterocycles. The van der Waals surface area contributed by atoms with E-state index in [0.717, 1.165) is 28.2 Å². The number of hydrogen-bond donors (Lipinski definition) is 0. The van der Waals surface area contributed by atoms with E-state index in [0.29, 0.717) is 0 Å². The molecular weight excluding hydrogens is 356 g/mol. The number of fused-ring (bicyclic) bond motifs is 1. The highest BCUT2D eigenvalue weighted by molar-refractivity contribution is 5.69. The molecule has 2 aromatic heterocycles. The lowest BCUT2D eigenvalue weighted by Crippen LogP contribution is -2.10. The molecule has 0 fully saturated rings. The van der Waals surface area contributed by atoms with Gasteiger partial charge in [0, 0.05) is 11.8 Å². The van der Waals surface area contributed by atoms with Crippen LogP contribution in [0.15, 0.2) is 73.1 Å². The molecule has 2 heterocycles. The molecule has 3 nitrogen and oxygen atoms in total. The van der Waals surface area contributed by atoms with E-state index >= 15 is 0 Å². The molecule has 0 radical (unpaired) electrons. The average molecular weight is 385 g/mol. The lowest BCUT2D eigenvalue weighted by molar-refractivity contribution is 0.242. The molecule has 29 heavy (non-hydrogen) atoms. The van der Waals surface area contributed by atoms with Crippen LogP contribution in [-0.2, 0) is 5.41 Å². The van der Waals surface area contributed by atoms with Gasteiger partial charge in [-0.25, -0.2) is 4.98 Å². The fraction of sp³-hybridized carbons (Fsp3) is 0.269. The van der Waals surface area contributed by atoms with E-state index in [1.165, 1.54) is 11.1 Å². The Labute approximate surface area is 173 Å². The monoisotopic (exact) mass is 384 g/mol. The SMILES string of the molecule is CC(C)Oc1ccc(-c2ccc3ncc(-c4ccc(C(C)(C)C)cc4)n3c2)cc1. The van der Waals surface area contributed by atoms with Crippen molar-refractivity contribution in [3.63, 3.8) is 0 Å². The summed E-state index contributed by atoms with van der Waals surface area (Å²) < 4.78 is 7.92. The highest BCUT2D eigenvalue weighted by Gasteiger charge is 2.14. The zero-order valence-electron chi connectivity index (χ0n) is 17.8. The Hall–Kier alpha value is -3.07. The Morgan fingerprint density at radius 1 is 0.793 bits per heavy atom. The van der Waals surface area contributed by atoms with Gasteiger partial charge in [0.1, 0.15) is 11.4 Å². The number of imidazole rings is 1. The van der Waals surface area contributed by atoms with E-state index in [1.54, 1.807) is 0 Å². The van der Waals surface area contributed by atoms with Crippen LogP contribution >= 0.6 is 0 Å². The van der Waals surface area contributed by atoms with Crippen LogP contribution in [0.5, 0.6) is 5.75 Å². The molecule has 3 heteroatoms. The summed E-state index contributed by atoms with van der Waals surface area (Å²) in [6.45, 7) is 10.8. The second-order valence-corrected chi connectivity index (χ2v) is 8.81. The van der Waals surface area contributed by atoms with Gasteiger partial charge < -0.3 is 4.74 Å². The van der Waals surface area contributed by atoms with Crippen LogP contribution in [0.25, 0.3) is 28.0 Å². The lowest BCUT2D eigenvalue weighted by Gasteiger charge is -2.19. The number of rotatable bonds is 4. The van der Waals surface area contributed by atoms with Gasteiger partial charge in [-0.2, -0.15) is 0 Å². The minimum atomic E-state index is 0.149. The fourth-order valence-electron chi connectivity index (χ4n) is 3.50. The van der Waals surface area contributed by atoms with Gasteiger partial charge in [0.15, 0.2) is 0 Å². The summed E-state index contributed by atoms with van der Waals surface area (Å²) in [5.74, 6) is 0.895. The predicted octanol–water partition coefficient (Wildman–Crippen LogP) is 6.75. The van der Waals surface area contributed by atoms with Crippen LogP contribution in [-0.4, -0.2) is 15.5 Å². The molecular formula is C26H28N2O. The van der Waals surface area contributed by atoms with E-state index in [1.807, 2.05) is 32.2 Å². The molecule has 0 atom stereocenters. The van der Waals surface area contributed by atoms with Gasteiger partial charge in [0.25, 0.3) is 0 Å². The van der Waals surface area contributed by atoms with Crippen molar-refractivity contribution in [2.75, 3.05) is 0 Å². The van der Waals surface area contributed by atoms with Crippen molar-refractivity contribution in [2.45, 2.75) is 46.1 Å². The minimum Gasteiger partial charge on any atom is -0.491 e. The quantitative estimate of drug-likeness (QED) is 0.389. The molecule has 0 bridgehead atoms. The Balaban J connectivity index is 1.69. The highest BCUT2D eigenvalue weighted by atomic mass is 16.5. The van der Waals surface area contributed by atoms with Crippen molar-refractivity contribution in [2.24, 2.45) is 0 Å². The Morgan fingerprint density at radius 3 is 2.03 bits per heavy atom. The van der Waals surface area contributed by atoms with Crippen molar-refractivity contribution >= 4 is 5.65 Å². The molecule has 148 valence electrons. The number of pyridine rings is 1. The Kier molecular flexibility index (Phi) is 4.91. The van der Waals surface area contributed by atoms with Gasteiger partial charge >= 0.3 is 0 Å². The minimum absolute atomic E-state index is 0.149. The molecule has 2 aromatic carbocycles. The van der Waals surface area contributed by atoms with E-state index in [9.17, 15) is 0 Å². The summed E-state index contributed by atoms with van der Waals surface area (Å²) in [5, 5.41) is 0. The largest absolute Gasteiger partial charge is 0.491 e. The molecule has 0 N–H and O–H groups in total. The second-order valence-electron chi connectivity index (χ2n) is 8.81. The van der Waals surface area contributed by atoms with Crippen molar-refractivity contribution in [1.82, 2.24) is 9.38 Å².